The van der Waals surface area contributed by atoms with Crippen LogP contribution in [-0.2, 0) is 4.79 Å². The number of nitrogens with one attached hydrogen (secondary N) is 1. The first-order chi connectivity index (χ1) is 8.86. The molecular formula is C14H20N2O2S. The number of benzene rings is 1. The Bertz CT molecular complexity index is 477. The van der Waals surface area contributed by atoms with E-state index >= 15 is 0 Å². The summed E-state index contributed by atoms with van der Waals surface area (Å²) >= 11 is 4.96. The molecule has 1 aromatic carbocycles. The SMILES string of the molecule is CCNC(=O)C(C)Oc1c(C)cc(C(N)=S)cc1C. The summed E-state index contributed by atoms with van der Waals surface area (Å²) in [5.41, 5.74) is 8.26. The summed E-state index contributed by atoms with van der Waals surface area (Å²) < 4.78 is 5.73. The van der Waals surface area contributed by atoms with Crippen LogP contribution in [0.5, 0.6) is 5.75 Å². The van der Waals surface area contributed by atoms with Crippen molar-refractivity contribution in [2.24, 2.45) is 5.73 Å². The number of likely N-dealkylation sites (N-methyl/N-ethyl adjacent to an activating group) is 1. The fraction of sp³-hybridized carbons (Fsp3) is 0.429. The summed E-state index contributed by atoms with van der Waals surface area (Å²) in [5, 5.41) is 2.73. The van der Waals surface area contributed by atoms with Crippen LogP contribution in [0, 0.1) is 13.8 Å². The molecule has 3 N–H and O–H groups in total. The molecule has 0 aromatic heterocycles. The molecule has 0 heterocycles. The lowest BCUT2D eigenvalue weighted by Gasteiger charge is -2.18. The lowest BCUT2D eigenvalue weighted by Crippen LogP contribution is -2.36. The van der Waals surface area contributed by atoms with Crippen molar-refractivity contribution in [3.05, 3.63) is 28.8 Å². The molecule has 0 spiro atoms. The summed E-state index contributed by atoms with van der Waals surface area (Å²) in [6, 6.07) is 3.74. The average molecular weight is 280 g/mol. The summed E-state index contributed by atoms with van der Waals surface area (Å²) in [6.45, 7) is 8.01. The highest BCUT2D eigenvalue weighted by molar-refractivity contribution is 7.80. The van der Waals surface area contributed by atoms with Gasteiger partial charge < -0.3 is 15.8 Å². The number of hydrogen-bond donors (Lipinski definition) is 2. The Morgan fingerprint density at radius 2 is 1.95 bits per heavy atom. The lowest BCUT2D eigenvalue weighted by atomic mass is 10.1. The van der Waals surface area contributed by atoms with Crippen LogP contribution in [0.4, 0.5) is 0 Å². The molecule has 0 aliphatic carbocycles. The van der Waals surface area contributed by atoms with Crippen LogP contribution in [-0.4, -0.2) is 23.5 Å². The molecule has 19 heavy (non-hydrogen) atoms. The van der Waals surface area contributed by atoms with Crippen molar-refractivity contribution >= 4 is 23.1 Å². The highest BCUT2D eigenvalue weighted by atomic mass is 32.1. The third-order valence-electron chi connectivity index (χ3n) is 2.76. The van der Waals surface area contributed by atoms with Gasteiger partial charge in [-0.25, -0.2) is 0 Å². The Kier molecular flexibility index (Phi) is 5.30. The van der Waals surface area contributed by atoms with Crippen LogP contribution in [0.15, 0.2) is 12.1 Å². The second-order valence-corrected chi connectivity index (χ2v) is 4.90. The molecule has 1 aromatic rings. The van der Waals surface area contributed by atoms with E-state index in [4.69, 9.17) is 22.7 Å². The summed E-state index contributed by atoms with van der Waals surface area (Å²) in [6.07, 6.45) is -0.534. The summed E-state index contributed by atoms with van der Waals surface area (Å²) in [5.74, 6) is 0.582. The van der Waals surface area contributed by atoms with E-state index in [2.05, 4.69) is 5.32 Å². The molecule has 0 saturated heterocycles. The van der Waals surface area contributed by atoms with Gasteiger partial charge in [0.05, 0.1) is 0 Å². The normalized spacial score (nSPS) is 11.8. The van der Waals surface area contributed by atoms with E-state index in [0.717, 1.165) is 16.7 Å². The highest BCUT2D eigenvalue weighted by Gasteiger charge is 2.16. The van der Waals surface area contributed by atoms with E-state index in [1.54, 1.807) is 6.92 Å². The molecule has 0 saturated carbocycles. The number of nitrogens with two attached hydrogens (primary N) is 1. The van der Waals surface area contributed by atoms with Crippen molar-refractivity contribution in [3.8, 4) is 5.75 Å². The van der Waals surface area contributed by atoms with E-state index < -0.39 is 6.10 Å². The topological polar surface area (TPSA) is 64.3 Å². The van der Waals surface area contributed by atoms with E-state index in [0.29, 0.717) is 17.3 Å². The Labute approximate surface area is 119 Å². The molecule has 0 radical (unpaired) electrons. The molecule has 1 unspecified atom stereocenters. The first-order valence-electron chi connectivity index (χ1n) is 6.22. The van der Waals surface area contributed by atoms with Crippen LogP contribution in [0.1, 0.15) is 30.5 Å². The second-order valence-electron chi connectivity index (χ2n) is 4.46. The third kappa shape index (κ3) is 3.92. The van der Waals surface area contributed by atoms with Crippen molar-refractivity contribution in [2.75, 3.05) is 6.54 Å². The van der Waals surface area contributed by atoms with Crippen molar-refractivity contribution in [1.82, 2.24) is 5.32 Å². The Hall–Kier alpha value is -1.62. The number of ether oxygens (including phenoxy) is 1. The van der Waals surface area contributed by atoms with E-state index in [1.165, 1.54) is 0 Å². The molecule has 1 rings (SSSR count). The number of carbonyl (C=O) groups is 1. The maximum absolute atomic E-state index is 11.7. The zero-order chi connectivity index (χ0) is 14.6. The van der Waals surface area contributed by atoms with Crippen molar-refractivity contribution < 1.29 is 9.53 Å². The predicted octanol–water partition coefficient (Wildman–Crippen LogP) is 1.84. The lowest BCUT2D eigenvalue weighted by molar-refractivity contribution is -0.127. The van der Waals surface area contributed by atoms with Gasteiger partial charge in [0.15, 0.2) is 6.10 Å². The highest BCUT2D eigenvalue weighted by Crippen LogP contribution is 2.26. The quantitative estimate of drug-likeness (QED) is 0.808. The Morgan fingerprint density at radius 3 is 2.37 bits per heavy atom. The van der Waals surface area contributed by atoms with Gasteiger partial charge in [0.25, 0.3) is 5.91 Å². The first kappa shape index (κ1) is 15.4. The van der Waals surface area contributed by atoms with Gasteiger partial charge in [-0.2, -0.15) is 0 Å². The minimum absolute atomic E-state index is 0.125. The smallest absolute Gasteiger partial charge is 0.260 e. The molecule has 0 bridgehead atoms. The van der Waals surface area contributed by atoms with Gasteiger partial charge >= 0.3 is 0 Å². The van der Waals surface area contributed by atoms with Crippen LogP contribution < -0.4 is 15.8 Å². The van der Waals surface area contributed by atoms with Crippen molar-refractivity contribution in [2.45, 2.75) is 33.8 Å². The van der Waals surface area contributed by atoms with Gasteiger partial charge in [-0.15, -0.1) is 0 Å². The molecule has 0 fully saturated rings. The molecule has 1 atom stereocenters. The zero-order valence-electron chi connectivity index (χ0n) is 11.7. The number of aryl methyl sites for hydroxylation is 2. The van der Waals surface area contributed by atoms with Crippen LogP contribution >= 0.6 is 12.2 Å². The van der Waals surface area contributed by atoms with E-state index in [-0.39, 0.29) is 5.91 Å². The van der Waals surface area contributed by atoms with Gasteiger partial charge in [-0.1, -0.05) is 12.2 Å². The summed E-state index contributed by atoms with van der Waals surface area (Å²) in [7, 11) is 0. The summed E-state index contributed by atoms with van der Waals surface area (Å²) in [4.78, 5) is 12.0. The molecule has 1 amide bonds. The van der Waals surface area contributed by atoms with Gasteiger partial charge in [-0.05, 0) is 51.0 Å². The molecule has 104 valence electrons. The maximum atomic E-state index is 11.7. The minimum Gasteiger partial charge on any atom is -0.480 e. The van der Waals surface area contributed by atoms with Gasteiger partial charge in [-0.3, -0.25) is 4.79 Å². The van der Waals surface area contributed by atoms with Crippen LogP contribution in [0.25, 0.3) is 0 Å². The monoisotopic (exact) mass is 280 g/mol. The van der Waals surface area contributed by atoms with E-state index in [9.17, 15) is 4.79 Å². The molecule has 0 aliphatic heterocycles. The van der Waals surface area contributed by atoms with Crippen molar-refractivity contribution in [1.29, 1.82) is 0 Å². The standard InChI is InChI=1S/C14H20N2O2S/c1-5-16-14(17)10(4)18-12-8(2)6-11(13(15)19)7-9(12)3/h6-7,10H,5H2,1-4H3,(H2,15,19)(H,16,17). The number of hydrogen-bond acceptors (Lipinski definition) is 3. The van der Waals surface area contributed by atoms with Crippen LogP contribution in [0.2, 0.25) is 0 Å². The molecule has 5 heteroatoms. The van der Waals surface area contributed by atoms with Gasteiger partial charge in [0.1, 0.15) is 10.7 Å². The fourth-order valence-electron chi connectivity index (χ4n) is 1.83. The number of carbonyl (C=O) groups excluding carboxylic acids is 1. The fourth-order valence-corrected chi connectivity index (χ4v) is 1.94. The first-order valence-corrected chi connectivity index (χ1v) is 6.63. The number of thiocarbonyl (C=S) groups is 1. The van der Waals surface area contributed by atoms with Gasteiger partial charge in [0, 0.05) is 12.1 Å². The average Bonchev–Trinajstić information content (AvgIpc) is 2.33. The molecule has 4 nitrogen and oxygen atoms in total. The largest absolute Gasteiger partial charge is 0.480 e. The minimum atomic E-state index is -0.534. The molecule has 0 aliphatic rings. The zero-order valence-corrected chi connectivity index (χ0v) is 12.6. The van der Waals surface area contributed by atoms with Crippen LogP contribution in [0.3, 0.4) is 0 Å². The predicted molar refractivity (Wildman–Crippen MR) is 80.6 cm³/mol. The Balaban J connectivity index is 2.96. The Morgan fingerprint density at radius 1 is 1.42 bits per heavy atom. The molecular weight excluding hydrogens is 260 g/mol. The second kappa shape index (κ2) is 6.52. The number of amides is 1. The number of rotatable bonds is 5. The van der Waals surface area contributed by atoms with E-state index in [1.807, 2.05) is 32.9 Å². The maximum Gasteiger partial charge on any atom is 0.260 e. The van der Waals surface area contributed by atoms with Gasteiger partial charge in [0.2, 0.25) is 0 Å². The third-order valence-corrected chi connectivity index (χ3v) is 3.00. The van der Waals surface area contributed by atoms with Crippen molar-refractivity contribution in [3.63, 3.8) is 0 Å².